The maximum Gasteiger partial charge on any atom is 0.232 e. The fourth-order valence-corrected chi connectivity index (χ4v) is 4.93. The van der Waals surface area contributed by atoms with Gasteiger partial charge in [0, 0.05) is 19.2 Å². The Morgan fingerprint density at radius 3 is 2.59 bits per heavy atom. The van der Waals surface area contributed by atoms with Crippen molar-refractivity contribution in [2.45, 2.75) is 26.8 Å². The lowest BCUT2D eigenvalue weighted by Crippen LogP contribution is -2.26. The van der Waals surface area contributed by atoms with Crippen LogP contribution in [0.3, 0.4) is 0 Å². The molecule has 0 spiro atoms. The number of nitrogens with one attached hydrogen (secondary N) is 3. The maximum absolute atomic E-state index is 14.4. The average molecular weight is 551 g/mol. The van der Waals surface area contributed by atoms with Crippen molar-refractivity contribution in [1.82, 2.24) is 30.4 Å². The molecule has 11 nitrogen and oxygen atoms in total. The molecule has 0 radical (unpaired) electrons. The molecule has 0 aliphatic heterocycles. The number of rotatable bonds is 8. The Hall–Kier alpha value is -4.52. The van der Waals surface area contributed by atoms with Gasteiger partial charge in [0.15, 0.2) is 17.4 Å². The number of H-pyrrole nitrogens is 2. The van der Waals surface area contributed by atoms with Gasteiger partial charge in [0.1, 0.15) is 17.3 Å². The zero-order valence-corrected chi connectivity index (χ0v) is 22.6. The molecule has 0 saturated carbocycles. The van der Waals surface area contributed by atoms with Crippen LogP contribution in [-0.2, 0) is 23.0 Å². The number of hydrogen-bond donors (Lipinski definition) is 4. The van der Waals surface area contributed by atoms with Crippen LogP contribution in [0.5, 0.6) is 5.75 Å². The predicted octanol–water partition coefficient (Wildman–Crippen LogP) is 4.13. The van der Waals surface area contributed by atoms with E-state index in [2.05, 4.69) is 30.7 Å². The summed E-state index contributed by atoms with van der Waals surface area (Å²) in [6.07, 6.45) is 1.69. The van der Waals surface area contributed by atoms with Crippen molar-refractivity contribution < 1.29 is 17.9 Å². The van der Waals surface area contributed by atoms with E-state index >= 15 is 0 Å². The van der Waals surface area contributed by atoms with Crippen LogP contribution in [0.25, 0.3) is 33.7 Å². The summed E-state index contributed by atoms with van der Waals surface area (Å²) in [6.45, 7) is 3.91. The molecule has 4 N–H and O–H groups in total. The number of aromatic hydroxyl groups is 1. The largest absolute Gasteiger partial charge is 0.505 e. The minimum atomic E-state index is -3.49. The Morgan fingerprint density at radius 1 is 1.13 bits per heavy atom. The smallest absolute Gasteiger partial charge is 0.232 e. The van der Waals surface area contributed by atoms with Gasteiger partial charge in [-0.15, -0.1) is 10.2 Å². The molecule has 0 saturated heterocycles. The predicted molar refractivity (Wildman–Crippen MR) is 147 cm³/mol. The SMILES string of the molecule is CCc1cc(O)c(F)cc1-c1cc2[nH]nc(-c3nnc(C)[nH]3)c2c(NCc2ccccc2N(C)S(C)(=O)=O)n1. The van der Waals surface area contributed by atoms with E-state index in [1.54, 1.807) is 25.1 Å². The van der Waals surface area contributed by atoms with Gasteiger partial charge >= 0.3 is 0 Å². The summed E-state index contributed by atoms with van der Waals surface area (Å²) in [7, 11) is -1.99. The molecule has 3 heterocycles. The summed E-state index contributed by atoms with van der Waals surface area (Å²) < 4.78 is 40.1. The number of phenolic OH excluding ortho intramolecular Hbond substituents is 1. The first-order valence-corrected chi connectivity index (χ1v) is 14.0. The summed E-state index contributed by atoms with van der Waals surface area (Å²) in [5.74, 6) is 0.307. The first-order chi connectivity index (χ1) is 18.6. The second-order valence-corrected chi connectivity index (χ2v) is 11.2. The lowest BCUT2D eigenvalue weighted by Gasteiger charge is -2.21. The van der Waals surface area contributed by atoms with Crippen LogP contribution < -0.4 is 9.62 Å². The van der Waals surface area contributed by atoms with Crippen molar-refractivity contribution in [3.63, 3.8) is 0 Å². The minimum absolute atomic E-state index is 0.228. The van der Waals surface area contributed by atoms with E-state index in [0.717, 1.165) is 17.4 Å². The highest BCUT2D eigenvalue weighted by Gasteiger charge is 2.21. The number of sulfonamides is 1. The number of hydrogen-bond acceptors (Lipinski definition) is 8. The second kappa shape index (κ2) is 9.98. The summed E-state index contributed by atoms with van der Waals surface area (Å²) in [6, 6.07) is 11.6. The Labute approximate surface area is 224 Å². The number of nitrogens with zero attached hydrogens (tertiary/aromatic N) is 5. The van der Waals surface area contributed by atoms with Crippen molar-refractivity contribution in [3.8, 4) is 28.5 Å². The molecule has 13 heteroatoms. The fourth-order valence-electron chi connectivity index (χ4n) is 4.40. The molecule has 202 valence electrons. The van der Waals surface area contributed by atoms with Crippen LogP contribution in [0.1, 0.15) is 23.9 Å². The molecule has 2 aromatic carbocycles. The van der Waals surface area contributed by atoms with Gasteiger partial charge in [-0.25, -0.2) is 17.8 Å². The molecule has 5 rings (SSSR count). The normalized spacial score (nSPS) is 11.7. The third-order valence-electron chi connectivity index (χ3n) is 6.47. The number of anilines is 2. The molecule has 0 amide bonds. The van der Waals surface area contributed by atoms with Crippen LogP contribution in [0, 0.1) is 12.7 Å². The van der Waals surface area contributed by atoms with Crippen LogP contribution in [0.15, 0.2) is 42.5 Å². The van der Waals surface area contributed by atoms with Gasteiger partial charge in [0.2, 0.25) is 10.0 Å². The third-order valence-corrected chi connectivity index (χ3v) is 7.66. The molecular formula is C26H27FN8O3S. The Morgan fingerprint density at radius 2 is 1.90 bits per heavy atom. The summed E-state index contributed by atoms with van der Waals surface area (Å²) in [5.41, 5.74) is 4.05. The highest BCUT2D eigenvalue weighted by Crippen LogP contribution is 2.36. The first-order valence-electron chi connectivity index (χ1n) is 12.1. The molecule has 5 aromatic rings. The Balaban J connectivity index is 1.66. The molecule has 0 fully saturated rings. The van der Waals surface area contributed by atoms with E-state index < -0.39 is 21.6 Å². The summed E-state index contributed by atoms with van der Waals surface area (Å²) in [5, 5.41) is 29.5. The van der Waals surface area contributed by atoms with E-state index in [4.69, 9.17) is 4.98 Å². The number of aromatic amines is 2. The number of pyridine rings is 1. The highest BCUT2D eigenvalue weighted by molar-refractivity contribution is 7.92. The lowest BCUT2D eigenvalue weighted by molar-refractivity contribution is 0.432. The molecule has 0 aliphatic carbocycles. The van der Waals surface area contributed by atoms with Gasteiger partial charge in [0.25, 0.3) is 0 Å². The molecule has 3 aromatic heterocycles. The lowest BCUT2D eigenvalue weighted by atomic mass is 10.0. The number of halogens is 1. The zero-order chi connectivity index (χ0) is 27.9. The van der Waals surface area contributed by atoms with Crippen LogP contribution in [0.2, 0.25) is 0 Å². The fraction of sp³-hybridized carbons (Fsp3) is 0.231. The van der Waals surface area contributed by atoms with Crippen molar-refractivity contribution in [3.05, 3.63) is 65.2 Å². The van der Waals surface area contributed by atoms with E-state index in [-0.39, 0.29) is 6.54 Å². The zero-order valence-electron chi connectivity index (χ0n) is 21.7. The van der Waals surface area contributed by atoms with Crippen molar-refractivity contribution in [2.24, 2.45) is 0 Å². The quantitative estimate of drug-likeness (QED) is 0.225. The van der Waals surface area contributed by atoms with Gasteiger partial charge in [-0.05, 0) is 48.7 Å². The first kappa shape index (κ1) is 26.1. The Kier molecular flexibility index (Phi) is 6.68. The minimum Gasteiger partial charge on any atom is -0.505 e. The van der Waals surface area contributed by atoms with E-state index in [1.807, 2.05) is 19.1 Å². The standard InChI is InChI=1S/C26H27FN8O3S/c1-5-15-10-22(36)18(27)11-17(15)19-12-20-23(24(33-32-20)26-29-14(2)31-34-26)25(30-19)28-13-16-8-6-7-9-21(16)35(3)39(4,37)38/h6-12,36H,5,13H2,1-4H3,(H,28,30)(H,32,33)(H,29,31,34). The highest BCUT2D eigenvalue weighted by atomic mass is 32.2. The molecule has 0 aliphatic rings. The average Bonchev–Trinajstić information content (AvgIpc) is 3.53. The number of fused-ring (bicyclic) bond motifs is 1. The van der Waals surface area contributed by atoms with Crippen LogP contribution in [0.4, 0.5) is 15.9 Å². The second-order valence-electron chi connectivity index (χ2n) is 9.14. The maximum atomic E-state index is 14.4. The van der Waals surface area contributed by atoms with Gasteiger partial charge in [-0.2, -0.15) is 5.10 Å². The van der Waals surface area contributed by atoms with Gasteiger partial charge in [0.05, 0.1) is 28.5 Å². The van der Waals surface area contributed by atoms with Gasteiger partial charge in [-0.1, -0.05) is 25.1 Å². The van der Waals surface area contributed by atoms with Crippen molar-refractivity contribution >= 4 is 32.4 Å². The number of benzene rings is 2. The monoisotopic (exact) mass is 550 g/mol. The van der Waals surface area contributed by atoms with Crippen LogP contribution in [-0.4, -0.2) is 57.2 Å². The molecule has 0 atom stereocenters. The summed E-state index contributed by atoms with van der Waals surface area (Å²) in [4.78, 5) is 7.92. The van der Waals surface area contributed by atoms with E-state index in [1.165, 1.54) is 23.5 Å². The number of aryl methyl sites for hydroxylation is 2. The molecule has 0 bridgehead atoms. The number of para-hydroxylation sites is 1. The molecular weight excluding hydrogens is 523 g/mol. The topological polar surface area (TPSA) is 153 Å². The summed E-state index contributed by atoms with van der Waals surface area (Å²) >= 11 is 0. The Bertz CT molecular complexity index is 1800. The van der Waals surface area contributed by atoms with Crippen LogP contribution >= 0.6 is 0 Å². The van der Waals surface area contributed by atoms with E-state index in [0.29, 0.717) is 57.4 Å². The van der Waals surface area contributed by atoms with Crippen molar-refractivity contribution in [2.75, 3.05) is 22.9 Å². The number of phenols is 1. The van der Waals surface area contributed by atoms with Gasteiger partial charge in [-0.3, -0.25) is 9.40 Å². The van der Waals surface area contributed by atoms with Gasteiger partial charge < -0.3 is 15.4 Å². The molecule has 39 heavy (non-hydrogen) atoms. The number of aromatic nitrogens is 6. The van der Waals surface area contributed by atoms with E-state index in [9.17, 15) is 17.9 Å². The molecule has 0 unspecified atom stereocenters. The third kappa shape index (κ3) is 5.00. The van der Waals surface area contributed by atoms with Crippen molar-refractivity contribution in [1.29, 1.82) is 0 Å².